The second kappa shape index (κ2) is 11.2. The summed E-state index contributed by atoms with van der Waals surface area (Å²) in [6.45, 7) is 2.55. The average molecular weight is 579 g/mol. The Bertz CT molecular complexity index is 1320. The standard InChI is InChI=1S/C30H31BrN2O5/c1-3-33-21-9-6-11-23(34)29(21)28(30-22(33)10-7-12-24(30)35)19-16-18(31)14-15-25(19)38-17-27(36)32-20-8-4-5-13-26(20)37-2/h4-5,8,13-16,28H,3,6-7,9-12,17H2,1-2H3,(H,32,36). The molecular weight excluding hydrogens is 548 g/mol. The van der Waals surface area contributed by atoms with Gasteiger partial charge in [-0.2, -0.15) is 0 Å². The summed E-state index contributed by atoms with van der Waals surface area (Å²) in [5.41, 5.74) is 4.74. The average Bonchev–Trinajstić information content (AvgIpc) is 2.92. The highest BCUT2D eigenvalue weighted by Gasteiger charge is 2.43. The minimum absolute atomic E-state index is 0.0828. The lowest BCUT2D eigenvalue weighted by atomic mass is 9.70. The normalized spacial score (nSPS) is 17.8. The molecule has 1 amide bonds. The number of carbonyl (C=O) groups excluding carboxylic acids is 3. The summed E-state index contributed by atoms with van der Waals surface area (Å²) in [6, 6.07) is 12.7. The van der Waals surface area contributed by atoms with E-state index in [1.165, 1.54) is 0 Å². The van der Waals surface area contributed by atoms with Crippen molar-refractivity contribution in [3.05, 3.63) is 75.0 Å². The first-order valence-corrected chi connectivity index (χ1v) is 13.9. The van der Waals surface area contributed by atoms with Crippen molar-refractivity contribution < 1.29 is 23.9 Å². The second-order valence-electron chi connectivity index (χ2n) is 9.67. The fourth-order valence-corrected chi connectivity index (χ4v) is 6.24. The molecule has 2 aliphatic carbocycles. The minimum atomic E-state index is -0.506. The first kappa shape index (κ1) is 26.2. The number of ketones is 2. The topological polar surface area (TPSA) is 84.9 Å². The van der Waals surface area contributed by atoms with Crippen LogP contribution in [-0.2, 0) is 14.4 Å². The van der Waals surface area contributed by atoms with E-state index in [1.54, 1.807) is 25.3 Å². The monoisotopic (exact) mass is 578 g/mol. The molecule has 1 N–H and O–H groups in total. The zero-order chi connectivity index (χ0) is 26.8. The summed E-state index contributed by atoms with van der Waals surface area (Å²) in [4.78, 5) is 41.9. The van der Waals surface area contributed by atoms with Crippen LogP contribution in [0, 0.1) is 0 Å². The van der Waals surface area contributed by atoms with E-state index in [-0.39, 0.29) is 24.1 Å². The van der Waals surface area contributed by atoms with E-state index in [0.717, 1.165) is 53.7 Å². The number of nitrogens with zero attached hydrogens (tertiary/aromatic N) is 1. The maximum absolute atomic E-state index is 13.4. The molecule has 0 saturated carbocycles. The van der Waals surface area contributed by atoms with Crippen molar-refractivity contribution in [2.75, 3.05) is 25.6 Å². The molecule has 5 rings (SSSR count). The van der Waals surface area contributed by atoms with Gasteiger partial charge in [-0.25, -0.2) is 0 Å². The Morgan fingerprint density at radius 2 is 1.63 bits per heavy atom. The Balaban J connectivity index is 1.52. The van der Waals surface area contributed by atoms with Crippen LogP contribution in [0.15, 0.2) is 69.5 Å². The van der Waals surface area contributed by atoms with Gasteiger partial charge in [-0.1, -0.05) is 28.1 Å². The number of benzene rings is 2. The number of carbonyl (C=O) groups is 3. The number of rotatable bonds is 7. The number of nitrogens with one attached hydrogen (secondary N) is 1. The van der Waals surface area contributed by atoms with Gasteiger partial charge in [0.05, 0.1) is 12.8 Å². The van der Waals surface area contributed by atoms with Crippen LogP contribution in [0.5, 0.6) is 11.5 Å². The highest BCUT2D eigenvalue weighted by Crippen LogP contribution is 2.51. The van der Waals surface area contributed by atoms with Gasteiger partial charge >= 0.3 is 0 Å². The van der Waals surface area contributed by atoms with E-state index >= 15 is 0 Å². The van der Waals surface area contributed by atoms with Crippen LogP contribution >= 0.6 is 15.9 Å². The van der Waals surface area contributed by atoms with Crippen molar-refractivity contribution in [3.63, 3.8) is 0 Å². The van der Waals surface area contributed by atoms with Crippen molar-refractivity contribution in [2.24, 2.45) is 0 Å². The maximum Gasteiger partial charge on any atom is 0.262 e. The molecule has 38 heavy (non-hydrogen) atoms. The largest absolute Gasteiger partial charge is 0.495 e. The number of halogens is 1. The van der Waals surface area contributed by atoms with Crippen LogP contribution < -0.4 is 14.8 Å². The fourth-order valence-electron chi connectivity index (χ4n) is 5.86. The molecular formula is C30H31BrN2O5. The zero-order valence-electron chi connectivity index (χ0n) is 21.6. The number of hydrogen-bond acceptors (Lipinski definition) is 6. The molecule has 0 radical (unpaired) electrons. The van der Waals surface area contributed by atoms with Crippen molar-refractivity contribution in [2.45, 2.75) is 51.4 Å². The van der Waals surface area contributed by atoms with Crippen LogP contribution in [0.25, 0.3) is 0 Å². The summed E-state index contributed by atoms with van der Waals surface area (Å²) in [6.07, 6.45) is 4.17. The number of ether oxygens (including phenoxy) is 2. The Labute approximate surface area is 231 Å². The van der Waals surface area contributed by atoms with Gasteiger partial charge in [-0.3, -0.25) is 14.4 Å². The van der Waals surface area contributed by atoms with Crippen molar-refractivity contribution in [3.8, 4) is 11.5 Å². The van der Waals surface area contributed by atoms with E-state index < -0.39 is 5.92 Å². The number of Topliss-reactive ketones (excluding diaryl/α,β-unsaturated/α-hetero) is 2. The summed E-state index contributed by atoms with van der Waals surface area (Å²) in [5.74, 6) is 0.353. The number of methoxy groups -OCH3 is 1. The summed E-state index contributed by atoms with van der Waals surface area (Å²) in [5, 5.41) is 2.83. The predicted molar refractivity (Wildman–Crippen MR) is 148 cm³/mol. The van der Waals surface area contributed by atoms with Gasteiger partial charge < -0.3 is 19.7 Å². The van der Waals surface area contributed by atoms with Crippen LogP contribution in [0.1, 0.15) is 56.9 Å². The lowest BCUT2D eigenvalue weighted by molar-refractivity contribution is -0.119. The van der Waals surface area contributed by atoms with E-state index in [2.05, 4.69) is 33.1 Å². The van der Waals surface area contributed by atoms with E-state index in [4.69, 9.17) is 9.47 Å². The summed E-state index contributed by atoms with van der Waals surface area (Å²) >= 11 is 3.57. The maximum atomic E-state index is 13.4. The Hall–Kier alpha value is -3.39. The molecule has 0 fully saturated rings. The van der Waals surface area contributed by atoms with Gasteiger partial charge in [-0.15, -0.1) is 0 Å². The van der Waals surface area contributed by atoms with E-state index in [0.29, 0.717) is 41.2 Å². The molecule has 0 spiro atoms. The third kappa shape index (κ3) is 4.89. The number of anilines is 1. The number of allylic oxidation sites excluding steroid dienone is 4. The summed E-state index contributed by atoms with van der Waals surface area (Å²) < 4.78 is 12.2. The molecule has 1 aliphatic heterocycles. The smallest absolute Gasteiger partial charge is 0.262 e. The Morgan fingerprint density at radius 3 is 2.26 bits per heavy atom. The zero-order valence-corrected chi connectivity index (χ0v) is 23.2. The first-order chi connectivity index (χ1) is 18.4. The lowest BCUT2D eigenvalue weighted by Gasteiger charge is -2.43. The van der Waals surface area contributed by atoms with Crippen LogP contribution in [-0.4, -0.2) is 42.6 Å². The Morgan fingerprint density at radius 1 is 0.974 bits per heavy atom. The highest BCUT2D eigenvalue weighted by molar-refractivity contribution is 9.10. The molecule has 2 aromatic rings. The molecule has 0 atom stereocenters. The Kier molecular flexibility index (Phi) is 7.70. The molecule has 0 aromatic heterocycles. The molecule has 198 valence electrons. The third-order valence-electron chi connectivity index (χ3n) is 7.43. The van der Waals surface area contributed by atoms with Gasteiger partial charge in [0.15, 0.2) is 18.2 Å². The minimum Gasteiger partial charge on any atom is -0.495 e. The SMILES string of the molecule is CCN1C2=C(C(=O)CCC2)C(c2cc(Br)ccc2OCC(=O)Nc2ccccc2OC)C2=C1CCCC2=O. The van der Waals surface area contributed by atoms with Gasteiger partial charge in [0.1, 0.15) is 11.5 Å². The lowest BCUT2D eigenvalue weighted by Crippen LogP contribution is -2.39. The van der Waals surface area contributed by atoms with Gasteiger partial charge in [0.25, 0.3) is 5.91 Å². The van der Waals surface area contributed by atoms with Crippen molar-refractivity contribution in [1.29, 1.82) is 0 Å². The number of amides is 1. The van der Waals surface area contributed by atoms with Crippen LogP contribution in [0.4, 0.5) is 5.69 Å². The van der Waals surface area contributed by atoms with Crippen LogP contribution in [0.2, 0.25) is 0 Å². The second-order valence-corrected chi connectivity index (χ2v) is 10.6. The highest BCUT2D eigenvalue weighted by atomic mass is 79.9. The first-order valence-electron chi connectivity index (χ1n) is 13.1. The third-order valence-corrected chi connectivity index (χ3v) is 7.92. The number of hydrogen-bond donors (Lipinski definition) is 1. The van der Waals surface area contributed by atoms with E-state index in [9.17, 15) is 14.4 Å². The quantitative estimate of drug-likeness (QED) is 0.439. The van der Waals surface area contributed by atoms with Gasteiger partial charge in [0, 0.05) is 57.9 Å². The molecule has 8 heteroatoms. The fraction of sp³-hybridized carbons (Fsp3) is 0.367. The van der Waals surface area contributed by atoms with Crippen molar-refractivity contribution in [1.82, 2.24) is 4.90 Å². The van der Waals surface area contributed by atoms with Crippen LogP contribution in [0.3, 0.4) is 0 Å². The molecule has 2 aromatic carbocycles. The molecule has 3 aliphatic rings. The van der Waals surface area contributed by atoms with Gasteiger partial charge in [-0.05, 0) is 62.9 Å². The van der Waals surface area contributed by atoms with Crippen molar-refractivity contribution >= 4 is 39.1 Å². The van der Waals surface area contributed by atoms with Gasteiger partial charge in [0.2, 0.25) is 0 Å². The number of para-hydroxylation sites is 2. The molecule has 0 unspecified atom stereocenters. The molecule has 7 nitrogen and oxygen atoms in total. The molecule has 1 heterocycles. The molecule has 0 bridgehead atoms. The summed E-state index contributed by atoms with van der Waals surface area (Å²) in [7, 11) is 1.55. The van der Waals surface area contributed by atoms with E-state index in [1.807, 2.05) is 24.3 Å². The predicted octanol–water partition coefficient (Wildman–Crippen LogP) is 5.91. The molecule has 0 saturated heterocycles.